The number of halogens is 9. The van der Waals surface area contributed by atoms with Crippen molar-refractivity contribution in [2.75, 3.05) is 18.2 Å². The second-order valence-electron chi connectivity index (χ2n) is 6.81. The quantitative estimate of drug-likeness (QED) is 0.305. The van der Waals surface area contributed by atoms with Gasteiger partial charge in [-0.25, -0.2) is 13.2 Å². The van der Waals surface area contributed by atoms with Crippen LogP contribution in [0.1, 0.15) is 29.3 Å². The zero-order valence-corrected chi connectivity index (χ0v) is 18.1. The van der Waals surface area contributed by atoms with E-state index in [0.717, 1.165) is 0 Å². The molecule has 2 rings (SSSR count). The molecule has 2 aromatic rings. The summed E-state index contributed by atoms with van der Waals surface area (Å²) in [6.45, 7) is -3.10. The molecule has 0 saturated carbocycles. The number of nitrogens with two attached hydrogens (primary N) is 1. The molecule has 2 aromatic carbocycles. The van der Waals surface area contributed by atoms with Crippen molar-refractivity contribution in [2.24, 2.45) is 0 Å². The summed E-state index contributed by atoms with van der Waals surface area (Å²) in [6.07, 6.45) is -7.75. The number of carbonyl (C=O) groups is 1. The van der Waals surface area contributed by atoms with Gasteiger partial charge in [-0.2, -0.15) is 22.0 Å². The summed E-state index contributed by atoms with van der Waals surface area (Å²) >= 11 is 5.83. The molecular weight excluding hydrogens is 504 g/mol. The fourth-order valence-corrected chi connectivity index (χ4v) is 3.32. The van der Waals surface area contributed by atoms with Gasteiger partial charge in [-0.05, 0) is 24.3 Å². The highest BCUT2D eigenvalue weighted by Crippen LogP contribution is 2.55. The van der Waals surface area contributed by atoms with Gasteiger partial charge in [0.05, 0.1) is 23.4 Å². The standard InChI is InChI=1S/C20H17ClF8N2O3/c1-3-18(24,25)19(26,20(27,28)29)9-7-11(21)14(13(8-9)34-17(22)23)31-16(32)10-5-4-6-12(30)15(10)33-2/h4-8,17H,3,30H2,1-2H3,(H,31,32). The largest absolute Gasteiger partial charge is 0.494 e. The molecule has 0 aliphatic heterocycles. The summed E-state index contributed by atoms with van der Waals surface area (Å²) in [5.41, 5.74) is -2.49. The third-order valence-corrected chi connectivity index (χ3v) is 5.04. The van der Waals surface area contributed by atoms with Crippen molar-refractivity contribution in [2.45, 2.75) is 37.7 Å². The second kappa shape index (κ2) is 9.72. The Kier molecular flexibility index (Phi) is 7.80. The number of alkyl halides is 8. The molecule has 1 amide bonds. The molecule has 188 valence electrons. The van der Waals surface area contributed by atoms with Gasteiger partial charge < -0.3 is 20.5 Å². The molecule has 0 saturated heterocycles. The molecule has 1 atom stereocenters. The molecule has 0 heterocycles. The van der Waals surface area contributed by atoms with Gasteiger partial charge in [0.25, 0.3) is 17.5 Å². The summed E-state index contributed by atoms with van der Waals surface area (Å²) < 4.78 is 119. The molecule has 0 radical (unpaired) electrons. The van der Waals surface area contributed by atoms with E-state index in [0.29, 0.717) is 6.92 Å². The lowest BCUT2D eigenvalue weighted by Gasteiger charge is -2.35. The lowest BCUT2D eigenvalue weighted by Crippen LogP contribution is -2.52. The molecule has 0 fully saturated rings. The van der Waals surface area contributed by atoms with E-state index < -0.39 is 58.7 Å². The van der Waals surface area contributed by atoms with Crippen LogP contribution < -0.4 is 20.5 Å². The Bertz CT molecular complexity index is 1060. The number of nitrogens with one attached hydrogen (secondary N) is 1. The number of rotatable bonds is 8. The van der Waals surface area contributed by atoms with Gasteiger partial charge in [0.15, 0.2) is 11.5 Å². The highest BCUT2D eigenvalue weighted by atomic mass is 35.5. The third-order valence-electron chi connectivity index (χ3n) is 4.74. The number of ether oxygens (including phenoxy) is 2. The highest BCUT2D eigenvalue weighted by molar-refractivity contribution is 6.34. The average molecular weight is 521 g/mol. The van der Waals surface area contributed by atoms with Gasteiger partial charge in [0.2, 0.25) is 0 Å². The first-order chi connectivity index (χ1) is 15.6. The molecule has 0 aliphatic carbocycles. The monoisotopic (exact) mass is 520 g/mol. The minimum Gasteiger partial charge on any atom is -0.494 e. The van der Waals surface area contributed by atoms with Crippen molar-refractivity contribution in [3.8, 4) is 11.5 Å². The lowest BCUT2D eigenvalue weighted by atomic mass is 9.86. The van der Waals surface area contributed by atoms with Gasteiger partial charge in [0.1, 0.15) is 5.69 Å². The van der Waals surface area contributed by atoms with Crippen molar-refractivity contribution >= 4 is 28.9 Å². The predicted molar refractivity (Wildman–Crippen MR) is 108 cm³/mol. The Labute approximate surface area is 192 Å². The molecule has 0 spiro atoms. The number of amides is 1. The first kappa shape index (κ1) is 27.3. The van der Waals surface area contributed by atoms with Gasteiger partial charge >= 0.3 is 12.8 Å². The average Bonchev–Trinajstić information content (AvgIpc) is 2.73. The summed E-state index contributed by atoms with van der Waals surface area (Å²) in [5.74, 6) is -7.51. The minimum atomic E-state index is -6.17. The molecule has 0 aliphatic rings. The van der Waals surface area contributed by atoms with Crippen LogP contribution in [0.2, 0.25) is 5.02 Å². The summed E-state index contributed by atoms with van der Waals surface area (Å²) in [4.78, 5) is 12.7. The number of nitrogen functional groups attached to an aromatic ring is 1. The van der Waals surface area contributed by atoms with Crippen LogP contribution in [0.4, 0.5) is 46.5 Å². The van der Waals surface area contributed by atoms with Gasteiger partial charge in [0, 0.05) is 12.0 Å². The molecule has 5 nitrogen and oxygen atoms in total. The van der Waals surface area contributed by atoms with Crippen LogP contribution in [-0.2, 0) is 5.67 Å². The summed E-state index contributed by atoms with van der Waals surface area (Å²) in [6, 6.07) is 4.03. The summed E-state index contributed by atoms with van der Waals surface area (Å²) in [5, 5.41) is 1.03. The van der Waals surface area contributed by atoms with Crippen LogP contribution >= 0.6 is 11.6 Å². The molecule has 34 heavy (non-hydrogen) atoms. The van der Waals surface area contributed by atoms with E-state index in [2.05, 4.69) is 4.74 Å². The van der Waals surface area contributed by atoms with Gasteiger partial charge in [-0.1, -0.05) is 24.6 Å². The summed E-state index contributed by atoms with van der Waals surface area (Å²) in [7, 11) is 1.17. The van der Waals surface area contributed by atoms with Crippen molar-refractivity contribution in [3.63, 3.8) is 0 Å². The van der Waals surface area contributed by atoms with Crippen molar-refractivity contribution < 1.29 is 49.4 Å². The fourth-order valence-electron chi connectivity index (χ4n) is 3.06. The number of para-hydroxylation sites is 1. The highest BCUT2D eigenvalue weighted by Gasteiger charge is 2.71. The van der Waals surface area contributed by atoms with Crippen LogP contribution in [-0.4, -0.2) is 31.7 Å². The Morgan fingerprint density at radius 1 is 1.15 bits per heavy atom. The fraction of sp³-hybridized carbons (Fsp3) is 0.350. The van der Waals surface area contributed by atoms with Crippen LogP contribution in [0.3, 0.4) is 0 Å². The lowest BCUT2D eigenvalue weighted by molar-refractivity contribution is -0.310. The van der Waals surface area contributed by atoms with Crippen LogP contribution in [0.5, 0.6) is 11.5 Å². The number of hydrogen-bond acceptors (Lipinski definition) is 4. The third kappa shape index (κ3) is 4.93. The Morgan fingerprint density at radius 2 is 1.76 bits per heavy atom. The number of benzene rings is 2. The van der Waals surface area contributed by atoms with Crippen molar-refractivity contribution in [3.05, 3.63) is 46.5 Å². The van der Waals surface area contributed by atoms with E-state index in [4.69, 9.17) is 22.1 Å². The zero-order valence-electron chi connectivity index (χ0n) is 17.4. The van der Waals surface area contributed by atoms with E-state index in [1.165, 1.54) is 25.3 Å². The molecule has 14 heteroatoms. The Hall–Kier alpha value is -2.96. The Morgan fingerprint density at radius 3 is 2.26 bits per heavy atom. The van der Waals surface area contributed by atoms with E-state index in [1.54, 1.807) is 0 Å². The normalized spacial score (nSPS) is 14.0. The van der Waals surface area contributed by atoms with Gasteiger partial charge in [-0.15, -0.1) is 0 Å². The minimum absolute atomic E-state index is 0.00911. The van der Waals surface area contributed by atoms with E-state index >= 15 is 4.39 Å². The van der Waals surface area contributed by atoms with Crippen molar-refractivity contribution in [1.82, 2.24) is 0 Å². The maximum Gasteiger partial charge on any atom is 0.432 e. The van der Waals surface area contributed by atoms with E-state index in [9.17, 15) is 35.5 Å². The topological polar surface area (TPSA) is 73.6 Å². The molecule has 1 unspecified atom stereocenters. The Balaban J connectivity index is 2.69. The second-order valence-corrected chi connectivity index (χ2v) is 7.21. The molecule has 0 bridgehead atoms. The number of hydrogen-bond donors (Lipinski definition) is 2. The predicted octanol–water partition coefficient (Wildman–Crippen LogP) is 6.56. The maximum absolute atomic E-state index is 15.0. The van der Waals surface area contributed by atoms with E-state index in [1.807, 2.05) is 5.32 Å². The number of carbonyl (C=O) groups excluding carboxylic acids is 1. The smallest absolute Gasteiger partial charge is 0.432 e. The number of anilines is 2. The van der Waals surface area contributed by atoms with Crippen LogP contribution in [0.15, 0.2) is 30.3 Å². The zero-order chi connectivity index (χ0) is 26.1. The van der Waals surface area contributed by atoms with Crippen LogP contribution in [0.25, 0.3) is 0 Å². The van der Waals surface area contributed by atoms with Crippen LogP contribution in [0, 0.1) is 0 Å². The first-order valence-electron chi connectivity index (χ1n) is 9.26. The van der Waals surface area contributed by atoms with Crippen molar-refractivity contribution in [1.29, 1.82) is 0 Å². The number of methoxy groups -OCH3 is 1. The van der Waals surface area contributed by atoms with E-state index in [-0.39, 0.29) is 29.1 Å². The molecule has 3 N–H and O–H groups in total. The SMILES string of the molecule is CCC(F)(F)C(F)(c1cc(Cl)c(NC(=O)c2cccc(N)c2OC)c(OC(F)F)c1)C(F)(F)F. The molecular formula is C20H17ClF8N2O3. The molecule has 0 aromatic heterocycles. The first-order valence-corrected chi connectivity index (χ1v) is 9.64. The maximum atomic E-state index is 15.0. The van der Waals surface area contributed by atoms with Gasteiger partial charge in [-0.3, -0.25) is 4.79 Å².